The van der Waals surface area contributed by atoms with Crippen LogP contribution in [-0.4, -0.2) is 35.4 Å². The average Bonchev–Trinajstić information content (AvgIpc) is 3.23. The van der Waals surface area contributed by atoms with Crippen LogP contribution in [0.4, 0.5) is 0 Å². The molecule has 1 aliphatic rings. The standard InChI is InChI=1S/C23H22N2O5/c1-14(23(28)25-11-5-8-19(25)22(24)27)29-16-9-10-17-18(15-6-3-2-4-7-15)13-21(26)30-20(17)12-16/h2-4,6-7,9-10,12-14,19H,5,8,11H2,1H3,(H2,24,27)/t14?,19-/m0/s1. The Kier molecular flexibility index (Phi) is 5.27. The molecule has 0 bridgehead atoms. The first-order valence-electron chi connectivity index (χ1n) is 9.84. The minimum Gasteiger partial charge on any atom is -0.481 e. The molecule has 2 heterocycles. The first-order valence-corrected chi connectivity index (χ1v) is 9.84. The van der Waals surface area contributed by atoms with E-state index in [0.717, 1.165) is 22.9 Å². The van der Waals surface area contributed by atoms with Crippen LogP contribution in [0, 0.1) is 0 Å². The average molecular weight is 406 g/mol. The van der Waals surface area contributed by atoms with Crippen molar-refractivity contribution in [3.05, 3.63) is 65.0 Å². The summed E-state index contributed by atoms with van der Waals surface area (Å²) in [6.45, 7) is 2.10. The van der Waals surface area contributed by atoms with Crippen molar-refractivity contribution in [2.75, 3.05) is 6.54 Å². The van der Waals surface area contributed by atoms with E-state index < -0.39 is 23.7 Å². The number of carbonyl (C=O) groups excluding carboxylic acids is 2. The third kappa shape index (κ3) is 3.78. The SMILES string of the molecule is CC(Oc1ccc2c(-c3ccccc3)cc(=O)oc2c1)C(=O)N1CCC[C@H]1C(N)=O. The maximum absolute atomic E-state index is 12.7. The molecule has 1 aliphatic heterocycles. The van der Waals surface area contributed by atoms with Gasteiger partial charge in [-0.2, -0.15) is 0 Å². The number of nitrogens with zero attached hydrogens (tertiary/aromatic N) is 1. The third-order valence-corrected chi connectivity index (χ3v) is 5.33. The normalized spacial score (nSPS) is 17.1. The van der Waals surface area contributed by atoms with Crippen LogP contribution in [0.25, 0.3) is 22.1 Å². The molecule has 1 aromatic heterocycles. The van der Waals surface area contributed by atoms with Crippen molar-refractivity contribution < 1.29 is 18.7 Å². The van der Waals surface area contributed by atoms with Crippen LogP contribution in [0.3, 0.4) is 0 Å². The zero-order valence-corrected chi connectivity index (χ0v) is 16.5. The van der Waals surface area contributed by atoms with Gasteiger partial charge in [0.1, 0.15) is 17.4 Å². The predicted octanol–water partition coefficient (Wildman–Crippen LogP) is 2.70. The van der Waals surface area contributed by atoms with Gasteiger partial charge in [-0.1, -0.05) is 30.3 Å². The summed E-state index contributed by atoms with van der Waals surface area (Å²) < 4.78 is 11.2. The fourth-order valence-electron chi connectivity index (χ4n) is 3.89. The predicted molar refractivity (Wildman–Crippen MR) is 112 cm³/mol. The largest absolute Gasteiger partial charge is 0.481 e. The summed E-state index contributed by atoms with van der Waals surface area (Å²) in [5, 5.41) is 0.764. The lowest BCUT2D eigenvalue weighted by atomic mass is 10.0. The molecule has 7 heteroatoms. The fourth-order valence-corrected chi connectivity index (χ4v) is 3.89. The van der Waals surface area contributed by atoms with Gasteiger partial charge in [0, 0.05) is 24.1 Å². The van der Waals surface area contributed by atoms with Crippen molar-refractivity contribution in [1.82, 2.24) is 4.90 Å². The van der Waals surface area contributed by atoms with Gasteiger partial charge in [-0.15, -0.1) is 0 Å². The minimum atomic E-state index is -0.813. The molecular weight excluding hydrogens is 384 g/mol. The van der Waals surface area contributed by atoms with Gasteiger partial charge in [0.2, 0.25) is 5.91 Å². The van der Waals surface area contributed by atoms with Crippen LogP contribution in [0.5, 0.6) is 5.75 Å². The maximum Gasteiger partial charge on any atom is 0.336 e. The Morgan fingerprint density at radius 1 is 1.17 bits per heavy atom. The summed E-state index contributed by atoms with van der Waals surface area (Å²) in [5.74, 6) is -0.406. The zero-order valence-electron chi connectivity index (χ0n) is 16.5. The van der Waals surface area contributed by atoms with Crippen molar-refractivity contribution in [3.8, 4) is 16.9 Å². The van der Waals surface area contributed by atoms with E-state index in [2.05, 4.69) is 0 Å². The second-order valence-corrected chi connectivity index (χ2v) is 7.36. The van der Waals surface area contributed by atoms with Gasteiger partial charge in [0.15, 0.2) is 6.10 Å². The number of primary amides is 1. The molecule has 3 aromatic rings. The highest BCUT2D eigenvalue weighted by Crippen LogP contribution is 2.30. The van der Waals surface area contributed by atoms with Crippen molar-refractivity contribution in [2.24, 2.45) is 5.73 Å². The fraction of sp³-hybridized carbons (Fsp3) is 0.261. The number of fused-ring (bicyclic) bond motifs is 1. The Bertz CT molecular complexity index is 1160. The van der Waals surface area contributed by atoms with Crippen molar-refractivity contribution in [2.45, 2.75) is 31.9 Å². The van der Waals surface area contributed by atoms with E-state index in [1.165, 1.54) is 11.0 Å². The smallest absolute Gasteiger partial charge is 0.336 e. The van der Waals surface area contributed by atoms with E-state index in [1.54, 1.807) is 25.1 Å². The van der Waals surface area contributed by atoms with Gasteiger partial charge in [-0.25, -0.2) is 4.79 Å². The number of rotatable bonds is 5. The Morgan fingerprint density at radius 2 is 1.93 bits per heavy atom. The molecule has 0 aliphatic carbocycles. The van der Waals surface area contributed by atoms with Gasteiger partial charge in [-0.3, -0.25) is 9.59 Å². The molecule has 4 rings (SSSR count). The van der Waals surface area contributed by atoms with E-state index in [1.807, 2.05) is 30.3 Å². The summed E-state index contributed by atoms with van der Waals surface area (Å²) in [6.07, 6.45) is 0.485. The monoisotopic (exact) mass is 406 g/mol. The molecule has 1 fully saturated rings. The molecule has 2 amide bonds. The topological polar surface area (TPSA) is 103 Å². The Hall–Kier alpha value is -3.61. The second kappa shape index (κ2) is 8.02. The molecule has 0 spiro atoms. The van der Waals surface area contributed by atoms with Gasteiger partial charge >= 0.3 is 5.63 Å². The van der Waals surface area contributed by atoms with Crippen LogP contribution in [-0.2, 0) is 9.59 Å². The molecule has 0 radical (unpaired) electrons. The van der Waals surface area contributed by atoms with E-state index in [4.69, 9.17) is 14.9 Å². The Morgan fingerprint density at radius 3 is 2.67 bits per heavy atom. The van der Waals surface area contributed by atoms with Gasteiger partial charge in [0.05, 0.1) is 0 Å². The van der Waals surface area contributed by atoms with Gasteiger partial charge in [-0.05, 0) is 43.0 Å². The lowest BCUT2D eigenvalue weighted by molar-refractivity contribution is -0.142. The highest BCUT2D eigenvalue weighted by molar-refractivity contribution is 5.94. The summed E-state index contributed by atoms with van der Waals surface area (Å²) >= 11 is 0. The molecule has 7 nitrogen and oxygen atoms in total. The molecule has 30 heavy (non-hydrogen) atoms. The van der Waals surface area contributed by atoms with Crippen molar-refractivity contribution in [1.29, 1.82) is 0 Å². The Labute approximate surface area is 173 Å². The highest BCUT2D eigenvalue weighted by Gasteiger charge is 2.35. The summed E-state index contributed by atoms with van der Waals surface area (Å²) in [6, 6.07) is 15.6. The quantitative estimate of drug-likeness (QED) is 0.656. The lowest BCUT2D eigenvalue weighted by Crippen LogP contribution is -2.48. The maximum atomic E-state index is 12.7. The third-order valence-electron chi connectivity index (χ3n) is 5.33. The number of amides is 2. The van der Waals surface area contributed by atoms with Crippen LogP contribution in [0.15, 0.2) is 63.8 Å². The highest BCUT2D eigenvalue weighted by atomic mass is 16.5. The van der Waals surface area contributed by atoms with E-state index in [9.17, 15) is 14.4 Å². The van der Waals surface area contributed by atoms with E-state index in [-0.39, 0.29) is 5.91 Å². The van der Waals surface area contributed by atoms with E-state index in [0.29, 0.717) is 24.3 Å². The van der Waals surface area contributed by atoms with Crippen molar-refractivity contribution >= 4 is 22.8 Å². The lowest BCUT2D eigenvalue weighted by Gasteiger charge is -2.25. The number of likely N-dealkylation sites (tertiary alicyclic amines) is 1. The molecular formula is C23H22N2O5. The van der Waals surface area contributed by atoms with Crippen molar-refractivity contribution in [3.63, 3.8) is 0 Å². The number of ether oxygens (including phenoxy) is 1. The number of nitrogens with two attached hydrogens (primary N) is 1. The molecule has 2 aromatic carbocycles. The molecule has 1 saturated heterocycles. The van der Waals surface area contributed by atoms with Gasteiger partial charge < -0.3 is 19.8 Å². The first-order chi connectivity index (χ1) is 14.4. The molecule has 1 unspecified atom stereocenters. The summed E-state index contributed by atoms with van der Waals surface area (Å²) in [5.41, 5.74) is 6.97. The summed E-state index contributed by atoms with van der Waals surface area (Å²) in [7, 11) is 0. The zero-order chi connectivity index (χ0) is 21.3. The molecule has 154 valence electrons. The minimum absolute atomic E-state index is 0.295. The first kappa shape index (κ1) is 19.7. The van der Waals surface area contributed by atoms with Crippen LogP contribution in [0.2, 0.25) is 0 Å². The number of hydrogen-bond acceptors (Lipinski definition) is 5. The molecule has 2 N–H and O–H groups in total. The van der Waals surface area contributed by atoms with Crippen LogP contribution >= 0.6 is 0 Å². The number of hydrogen-bond donors (Lipinski definition) is 1. The number of benzene rings is 2. The van der Waals surface area contributed by atoms with E-state index >= 15 is 0 Å². The second-order valence-electron chi connectivity index (χ2n) is 7.36. The van der Waals surface area contributed by atoms with Crippen LogP contribution < -0.4 is 16.1 Å². The van der Waals surface area contributed by atoms with Gasteiger partial charge in [0.25, 0.3) is 5.91 Å². The summed E-state index contributed by atoms with van der Waals surface area (Å²) in [4.78, 5) is 37.9. The number of carbonyl (C=O) groups is 2. The molecule has 2 atom stereocenters. The Balaban J connectivity index is 1.60. The molecule has 0 saturated carbocycles. The van der Waals surface area contributed by atoms with Crippen LogP contribution in [0.1, 0.15) is 19.8 Å².